The highest BCUT2D eigenvalue weighted by Crippen LogP contribution is 2.34. The third-order valence-corrected chi connectivity index (χ3v) is 2.96. The normalized spacial score (nSPS) is 10.9. The Labute approximate surface area is 115 Å². The van der Waals surface area contributed by atoms with Crippen molar-refractivity contribution in [2.24, 2.45) is 0 Å². The van der Waals surface area contributed by atoms with Gasteiger partial charge in [0.15, 0.2) is 23.3 Å². The van der Waals surface area contributed by atoms with Gasteiger partial charge in [0.2, 0.25) is 5.82 Å². The SMILES string of the molecule is Nc1c(CCl)ccnc1-c1c(F)c(F)c(F)c(F)c1F. The zero-order valence-electron chi connectivity index (χ0n) is 9.65. The lowest BCUT2D eigenvalue weighted by molar-refractivity contribution is 0.381. The first-order valence-electron chi connectivity index (χ1n) is 5.21. The van der Waals surface area contributed by atoms with E-state index in [0.29, 0.717) is 0 Å². The first kappa shape index (κ1) is 14.5. The Bertz CT molecular complexity index is 661. The maximum absolute atomic E-state index is 13.7. The molecule has 20 heavy (non-hydrogen) atoms. The maximum atomic E-state index is 13.7. The van der Waals surface area contributed by atoms with E-state index in [1.807, 2.05) is 0 Å². The van der Waals surface area contributed by atoms with Gasteiger partial charge in [-0.15, -0.1) is 11.6 Å². The first-order valence-corrected chi connectivity index (χ1v) is 5.74. The number of benzene rings is 1. The van der Waals surface area contributed by atoms with Crippen LogP contribution in [0, 0.1) is 29.1 Å². The van der Waals surface area contributed by atoms with Crippen LogP contribution in [0.15, 0.2) is 12.3 Å². The number of hydrogen-bond acceptors (Lipinski definition) is 2. The second-order valence-corrected chi connectivity index (χ2v) is 4.08. The van der Waals surface area contributed by atoms with Gasteiger partial charge in [0, 0.05) is 12.1 Å². The number of hydrogen-bond donors (Lipinski definition) is 1. The van der Waals surface area contributed by atoms with Crippen LogP contribution in [0.2, 0.25) is 0 Å². The average molecular weight is 309 g/mol. The molecule has 0 fully saturated rings. The Balaban J connectivity index is 2.84. The number of nitrogens with two attached hydrogens (primary N) is 1. The summed E-state index contributed by atoms with van der Waals surface area (Å²) < 4.78 is 66.6. The van der Waals surface area contributed by atoms with Gasteiger partial charge in [-0.05, 0) is 11.6 Å². The van der Waals surface area contributed by atoms with Crippen molar-refractivity contribution in [3.05, 3.63) is 46.9 Å². The van der Waals surface area contributed by atoms with E-state index in [2.05, 4.69) is 4.98 Å². The first-order chi connectivity index (χ1) is 9.40. The molecule has 0 atom stereocenters. The van der Waals surface area contributed by atoms with Crippen molar-refractivity contribution in [1.29, 1.82) is 0 Å². The average Bonchev–Trinajstić information content (AvgIpc) is 2.45. The summed E-state index contributed by atoms with van der Waals surface area (Å²) in [6, 6.07) is 1.37. The van der Waals surface area contributed by atoms with Gasteiger partial charge in [0.05, 0.1) is 16.9 Å². The molecule has 106 valence electrons. The van der Waals surface area contributed by atoms with Crippen molar-refractivity contribution < 1.29 is 22.0 Å². The second kappa shape index (κ2) is 5.24. The minimum atomic E-state index is -2.24. The molecule has 2 N–H and O–H groups in total. The van der Waals surface area contributed by atoms with Gasteiger partial charge in [-0.25, -0.2) is 22.0 Å². The molecule has 0 saturated heterocycles. The summed E-state index contributed by atoms with van der Waals surface area (Å²) in [5, 5.41) is 0. The van der Waals surface area contributed by atoms with Crippen LogP contribution in [-0.2, 0) is 5.88 Å². The fourth-order valence-corrected chi connectivity index (χ4v) is 1.87. The molecular formula is C12H6ClF5N2. The van der Waals surface area contributed by atoms with Gasteiger partial charge < -0.3 is 5.73 Å². The number of nitrogen functional groups attached to an aromatic ring is 1. The summed E-state index contributed by atoms with van der Waals surface area (Å²) in [7, 11) is 0. The molecule has 1 aromatic heterocycles. The summed E-state index contributed by atoms with van der Waals surface area (Å²) in [4.78, 5) is 3.57. The van der Waals surface area contributed by atoms with E-state index in [1.54, 1.807) is 0 Å². The van der Waals surface area contributed by atoms with E-state index in [-0.39, 0.29) is 17.1 Å². The minimum Gasteiger partial charge on any atom is -0.397 e. The van der Waals surface area contributed by atoms with Crippen LogP contribution >= 0.6 is 11.6 Å². The number of aromatic nitrogens is 1. The van der Waals surface area contributed by atoms with Gasteiger partial charge in [0.1, 0.15) is 0 Å². The van der Waals surface area contributed by atoms with Crippen LogP contribution in [0.4, 0.5) is 27.6 Å². The van der Waals surface area contributed by atoms with Crippen molar-refractivity contribution in [3.63, 3.8) is 0 Å². The van der Waals surface area contributed by atoms with E-state index < -0.39 is 40.3 Å². The van der Waals surface area contributed by atoms with E-state index in [0.717, 1.165) is 6.20 Å². The van der Waals surface area contributed by atoms with Gasteiger partial charge in [-0.1, -0.05) is 0 Å². The molecule has 2 nitrogen and oxygen atoms in total. The molecule has 0 aliphatic carbocycles. The molecule has 0 aliphatic heterocycles. The molecule has 2 aromatic rings. The molecule has 0 radical (unpaired) electrons. The van der Waals surface area contributed by atoms with Crippen molar-refractivity contribution >= 4 is 17.3 Å². The minimum absolute atomic E-state index is 0.100. The highest BCUT2D eigenvalue weighted by Gasteiger charge is 2.28. The number of nitrogens with zero attached hydrogens (tertiary/aromatic N) is 1. The van der Waals surface area contributed by atoms with Crippen LogP contribution in [0.1, 0.15) is 5.56 Å². The summed E-state index contributed by atoms with van der Waals surface area (Å²) in [6.45, 7) is 0. The number of rotatable bonds is 2. The summed E-state index contributed by atoms with van der Waals surface area (Å²) in [6.07, 6.45) is 1.11. The molecular weight excluding hydrogens is 303 g/mol. The largest absolute Gasteiger partial charge is 0.397 e. The van der Waals surface area contributed by atoms with Crippen molar-refractivity contribution in [2.75, 3.05) is 5.73 Å². The Morgan fingerprint density at radius 1 is 0.950 bits per heavy atom. The van der Waals surface area contributed by atoms with Gasteiger partial charge >= 0.3 is 0 Å². The molecule has 2 rings (SSSR count). The molecule has 8 heteroatoms. The predicted octanol–water partition coefficient (Wildman–Crippen LogP) is 3.77. The maximum Gasteiger partial charge on any atom is 0.200 e. The monoisotopic (exact) mass is 308 g/mol. The lowest BCUT2D eigenvalue weighted by Crippen LogP contribution is -2.07. The third-order valence-electron chi connectivity index (χ3n) is 2.67. The van der Waals surface area contributed by atoms with Crippen LogP contribution in [-0.4, -0.2) is 4.98 Å². The quantitative estimate of drug-likeness (QED) is 0.397. The highest BCUT2D eigenvalue weighted by atomic mass is 35.5. The molecule has 1 aromatic carbocycles. The number of pyridine rings is 1. The molecule has 0 spiro atoms. The predicted molar refractivity (Wildman–Crippen MR) is 63.4 cm³/mol. The Morgan fingerprint density at radius 3 is 1.95 bits per heavy atom. The van der Waals surface area contributed by atoms with Crippen molar-refractivity contribution in [1.82, 2.24) is 4.98 Å². The summed E-state index contributed by atoms with van der Waals surface area (Å²) in [5.41, 5.74) is 3.88. The van der Waals surface area contributed by atoms with Crippen LogP contribution in [0.3, 0.4) is 0 Å². The van der Waals surface area contributed by atoms with Crippen LogP contribution in [0.5, 0.6) is 0 Å². The third kappa shape index (κ3) is 2.07. The number of alkyl halides is 1. The molecule has 0 aliphatic rings. The zero-order chi connectivity index (χ0) is 15.0. The summed E-state index contributed by atoms with van der Waals surface area (Å²) in [5.74, 6) is -10.4. The highest BCUT2D eigenvalue weighted by molar-refractivity contribution is 6.17. The van der Waals surface area contributed by atoms with Gasteiger partial charge in [-0.2, -0.15) is 0 Å². The summed E-state index contributed by atoms with van der Waals surface area (Å²) >= 11 is 5.56. The van der Waals surface area contributed by atoms with Crippen LogP contribution < -0.4 is 5.73 Å². The van der Waals surface area contributed by atoms with Crippen molar-refractivity contribution in [3.8, 4) is 11.3 Å². The molecule has 0 unspecified atom stereocenters. The fourth-order valence-electron chi connectivity index (χ4n) is 1.64. The second-order valence-electron chi connectivity index (χ2n) is 3.81. The molecule has 0 amide bonds. The van der Waals surface area contributed by atoms with Gasteiger partial charge in [-0.3, -0.25) is 4.98 Å². The number of anilines is 1. The lowest BCUT2D eigenvalue weighted by atomic mass is 10.0. The van der Waals surface area contributed by atoms with E-state index in [4.69, 9.17) is 17.3 Å². The Hall–Kier alpha value is -1.89. The Morgan fingerprint density at radius 2 is 1.45 bits per heavy atom. The van der Waals surface area contributed by atoms with Gasteiger partial charge in [0.25, 0.3) is 0 Å². The lowest BCUT2D eigenvalue weighted by Gasteiger charge is -2.11. The smallest absolute Gasteiger partial charge is 0.200 e. The molecule has 0 saturated carbocycles. The Kier molecular flexibility index (Phi) is 3.80. The van der Waals surface area contributed by atoms with E-state index in [9.17, 15) is 22.0 Å². The standard InChI is InChI=1S/C12H6ClF5N2/c13-3-4-1-2-20-12(11(4)19)5-6(14)8(16)10(18)9(17)7(5)15/h1-2H,3,19H2. The molecule has 1 heterocycles. The van der Waals surface area contributed by atoms with E-state index in [1.165, 1.54) is 6.07 Å². The van der Waals surface area contributed by atoms with Crippen molar-refractivity contribution in [2.45, 2.75) is 5.88 Å². The zero-order valence-corrected chi connectivity index (χ0v) is 10.4. The van der Waals surface area contributed by atoms with E-state index >= 15 is 0 Å². The fraction of sp³-hybridized carbons (Fsp3) is 0.0833. The topological polar surface area (TPSA) is 38.9 Å². The molecule has 0 bridgehead atoms. The van der Waals surface area contributed by atoms with Crippen LogP contribution in [0.25, 0.3) is 11.3 Å². The number of halogens is 6.